The van der Waals surface area contributed by atoms with Crippen LogP contribution < -0.4 is 14.8 Å². The molecule has 1 fully saturated rings. The van der Waals surface area contributed by atoms with E-state index >= 15 is 0 Å². The molecule has 2 aromatic rings. The minimum atomic E-state index is -0.459. The van der Waals surface area contributed by atoms with Crippen LogP contribution in [0.2, 0.25) is 5.02 Å². The Balaban J connectivity index is 1.85. The second kappa shape index (κ2) is 8.57. The molecule has 0 spiro atoms. The monoisotopic (exact) mass is 414 g/mol. The Morgan fingerprint density at radius 2 is 1.86 bits per heavy atom. The van der Waals surface area contributed by atoms with E-state index in [0.717, 1.165) is 11.1 Å². The van der Waals surface area contributed by atoms with Crippen molar-refractivity contribution in [3.63, 3.8) is 0 Å². The lowest BCUT2D eigenvalue weighted by Gasteiger charge is -2.15. The molecular formula is C22H23ClN2O4. The first-order valence-electron chi connectivity index (χ1n) is 9.22. The normalized spacial score (nSPS) is 15.2. The highest BCUT2D eigenvalue weighted by molar-refractivity contribution is 6.32. The van der Waals surface area contributed by atoms with Crippen LogP contribution in [0.5, 0.6) is 11.5 Å². The quantitative estimate of drug-likeness (QED) is 0.556. The van der Waals surface area contributed by atoms with Crippen LogP contribution in [0.4, 0.5) is 4.79 Å². The summed E-state index contributed by atoms with van der Waals surface area (Å²) in [5.41, 5.74) is 2.78. The highest BCUT2D eigenvalue weighted by Crippen LogP contribution is 2.37. The summed E-state index contributed by atoms with van der Waals surface area (Å²) in [7, 11) is 1.52. The van der Waals surface area contributed by atoms with Gasteiger partial charge in [0, 0.05) is 0 Å². The second-order valence-corrected chi connectivity index (χ2v) is 7.47. The summed E-state index contributed by atoms with van der Waals surface area (Å²) in [4.78, 5) is 26.2. The molecule has 0 aromatic heterocycles. The molecule has 3 amide bonds. The number of nitrogens with one attached hydrogen (secondary N) is 1. The smallest absolute Gasteiger partial charge is 0.329 e. The van der Waals surface area contributed by atoms with E-state index in [0.29, 0.717) is 22.1 Å². The summed E-state index contributed by atoms with van der Waals surface area (Å²) in [5, 5.41) is 2.98. The average Bonchev–Trinajstić information content (AvgIpc) is 2.92. The molecule has 3 rings (SSSR count). The highest BCUT2D eigenvalue weighted by atomic mass is 35.5. The van der Waals surface area contributed by atoms with E-state index in [-0.39, 0.29) is 18.3 Å². The van der Waals surface area contributed by atoms with Crippen LogP contribution in [0.15, 0.2) is 42.1 Å². The number of aryl methyl sites for hydroxylation is 1. The number of rotatable bonds is 6. The van der Waals surface area contributed by atoms with Crippen molar-refractivity contribution >= 4 is 29.6 Å². The Hall–Kier alpha value is -2.99. The minimum Gasteiger partial charge on any atom is -0.493 e. The first kappa shape index (κ1) is 20.7. The summed E-state index contributed by atoms with van der Waals surface area (Å²) >= 11 is 6.34. The molecule has 0 aliphatic carbocycles. The van der Waals surface area contributed by atoms with Gasteiger partial charge < -0.3 is 14.8 Å². The molecule has 1 heterocycles. The van der Waals surface area contributed by atoms with Gasteiger partial charge in [-0.15, -0.1) is 0 Å². The van der Waals surface area contributed by atoms with E-state index in [4.69, 9.17) is 21.1 Å². The summed E-state index contributed by atoms with van der Waals surface area (Å²) < 4.78 is 11.1. The SMILES string of the molecule is COc1cc(/C=C2\NC(=O)N(Cc3ccc(C)cc3)C2=O)cc(Cl)c1OC(C)C. The van der Waals surface area contributed by atoms with Gasteiger partial charge in [-0.2, -0.15) is 0 Å². The molecule has 0 atom stereocenters. The zero-order valence-electron chi connectivity index (χ0n) is 16.8. The fraction of sp³-hybridized carbons (Fsp3) is 0.273. The van der Waals surface area contributed by atoms with Gasteiger partial charge in [0.25, 0.3) is 5.91 Å². The number of imide groups is 1. The Morgan fingerprint density at radius 1 is 1.17 bits per heavy atom. The van der Waals surface area contributed by atoms with Gasteiger partial charge in [0.05, 0.1) is 24.8 Å². The standard InChI is InChI=1S/C22H23ClN2O4/c1-13(2)29-20-17(23)9-16(11-19(20)28-4)10-18-21(26)25(22(27)24-18)12-15-7-5-14(3)6-8-15/h5-11,13H,12H2,1-4H3,(H,24,27)/b18-10-. The number of hydrogen-bond donors (Lipinski definition) is 1. The van der Waals surface area contributed by atoms with Gasteiger partial charge in [0.2, 0.25) is 0 Å². The number of amides is 3. The van der Waals surface area contributed by atoms with E-state index < -0.39 is 11.9 Å². The fourth-order valence-corrected chi connectivity index (χ4v) is 3.19. The molecule has 7 heteroatoms. The van der Waals surface area contributed by atoms with Crippen LogP contribution >= 0.6 is 11.6 Å². The second-order valence-electron chi connectivity index (χ2n) is 7.07. The van der Waals surface area contributed by atoms with Crippen LogP contribution in [0, 0.1) is 6.92 Å². The van der Waals surface area contributed by atoms with Crippen LogP contribution in [0.25, 0.3) is 6.08 Å². The van der Waals surface area contributed by atoms with Crippen molar-refractivity contribution in [3.8, 4) is 11.5 Å². The number of carbonyl (C=O) groups is 2. The molecule has 2 aromatic carbocycles. The van der Waals surface area contributed by atoms with Crippen molar-refractivity contribution in [1.29, 1.82) is 0 Å². The molecule has 6 nitrogen and oxygen atoms in total. The minimum absolute atomic E-state index is 0.0726. The number of urea groups is 1. The molecule has 29 heavy (non-hydrogen) atoms. The van der Waals surface area contributed by atoms with Crippen molar-refractivity contribution in [2.75, 3.05) is 7.11 Å². The van der Waals surface area contributed by atoms with E-state index in [1.54, 1.807) is 18.2 Å². The van der Waals surface area contributed by atoms with E-state index in [9.17, 15) is 9.59 Å². The predicted molar refractivity (Wildman–Crippen MR) is 112 cm³/mol. The largest absolute Gasteiger partial charge is 0.493 e. The Morgan fingerprint density at radius 3 is 2.48 bits per heavy atom. The molecule has 0 saturated carbocycles. The molecule has 0 radical (unpaired) electrons. The van der Waals surface area contributed by atoms with Gasteiger partial charge in [0.15, 0.2) is 11.5 Å². The Labute approximate surface area is 175 Å². The maximum absolute atomic E-state index is 12.7. The third kappa shape index (κ3) is 4.71. The van der Waals surface area contributed by atoms with Crippen LogP contribution in [0.1, 0.15) is 30.5 Å². The van der Waals surface area contributed by atoms with Crippen LogP contribution in [-0.2, 0) is 11.3 Å². The lowest BCUT2D eigenvalue weighted by Crippen LogP contribution is -2.30. The first-order chi connectivity index (χ1) is 13.8. The third-order valence-corrected chi connectivity index (χ3v) is 4.62. The Kier molecular flexibility index (Phi) is 6.13. The molecule has 1 saturated heterocycles. The average molecular weight is 415 g/mol. The Bertz CT molecular complexity index is 968. The van der Waals surface area contributed by atoms with Crippen molar-refractivity contribution < 1.29 is 19.1 Å². The number of ether oxygens (including phenoxy) is 2. The van der Waals surface area contributed by atoms with Crippen molar-refractivity contribution in [2.45, 2.75) is 33.4 Å². The van der Waals surface area contributed by atoms with Gasteiger partial charge in [-0.25, -0.2) is 4.79 Å². The summed E-state index contributed by atoms with van der Waals surface area (Å²) in [5.74, 6) is 0.494. The van der Waals surface area contributed by atoms with E-state index in [2.05, 4.69) is 5.32 Å². The number of methoxy groups -OCH3 is 1. The van der Waals surface area contributed by atoms with Crippen molar-refractivity contribution in [2.24, 2.45) is 0 Å². The number of hydrogen-bond acceptors (Lipinski definition) is 4. The zero-order chi connectivity index (χ0) is 21.1. The van der Waals surface area contributed by atoms with Gasteiger partial charge in [-0.1, -0.05) is 41.4 Å². The molecular weight excluding hydrogens is 392 g/mol. The molecule has 0 unspecified atom stereocenters. The van der Waals surface area contributed by atoms with E-state index in [1.807, 2.05) is 45.0 Å². The van der Waals surface area contributed by atoms with Crippen LogP contribution in [-0.4, -0.2) is 30.1 Å². The molecule has 1 aliphatic rings. The third-order valence-electron chi connectivity index (χ3n) is 4.34. The van der Waals surface area contributed by atoms with Gasteiger partial charge >= 0.3 is 6.03 Å². The van der Waals surface area contributed by atoms with E-state index in [1.165, 1.54) is 12.0 Å². The number of nitrogens with zero attached hydrogens (tertiary/aromatic N) is 1. The number of benzene rings is 2. The summed E-state index contributed by atoms with van der Waals surface area (Å²) in [6, 6.07) is 10.6. The highest BCUT2D eigenvalue weighted by Gasteiger charge is 2.33. The van der Waals surface area contributed by atoms with Crippen molar-refractivity contribution in [1.82, 2.24) is 10.2 Å². The maximum Gasteiger partial charge on any atom is 0.329 e. The predicted octanol–water partition coefficient (Wildman–Crippen LogP) is 4.54. The van der Waals surface area contributed by atoms with Gasteiger partial charge in [-0.05, 0) is 50.1 Å². The van der Waals surface area contributed by atoms with Crippen LogP contribution in [0.3, 0.4) is 0 Å². The molecule has 0 bridgehead atoms. The molecule has 1 N–H and O–H groups in total. The van der Waals surface area contributed by atoms with Gasteiger partial charge in [-0.3, -0.25) is 9.69 Å². The maximum atomic E-state index is 12.7. The first-order valence-corrected chi connectivity index (χ1v) is 9.60. The molecule has 152 valence electrons. The zero-order valence-corrected chi connectivity index (χ0v) is 17.5. The topological polar surface area (TPSA) is 67.9 Å². The van der Waals surface area contributed by atoms with Gasteiger partial charge in [0.1, 0.15) is 5.70 Å². The summed E-state index contributed by atoms with van der Waals surface area (Å²) in [6.45, 7) is 5.96. The summed E-state index contributed by atoms with van der Waals surface area (Å²) in [6.07, 6.45) is 1.50. The number of carbonyl (C=O) groups excluding carboxylic acids is 2. The lowest BCUT2D eigenvalue weighted by atomic mass is 10.1. The fourth-order valence-electron chi connectivity index (χ4n) is 2.93. The number of halogens is 1. The van der Waals surface area contributed by atoms with Crippen molar-refractivity contribution in [3.05, 3.63) is 63.8 Å². The molecule has 1 aliphatic heterocycles. The lowest BCUT2D eigenvalue weighted by molar-refractivity contribution is -0.123.